The molecule has 0 unspecified atom stereocenters. The second kappa shape index (κ2) is 16.5. The highest BCUT2D eigenvalue weighted by atomic mass is 14.6. The molecule has 8 aromatic carbocycles. The maximum atomic E-state index is 4.33. The van der Waals surface area contributed by atoms with Crippen LogP contribution in [0.1, 0.15) is 0 Å². The largest absolute Gasteiger partial charge is 0.265 e. The minimum Gasteiger partial charge on any atom is -0.265 e. The molecule has 0 fully saturated rings. The Labute approximate surface area is 351 Å². The molecule has 0 spiro atoms. The second-order valence-electron chi connectivity index (χ2n) is 15.1. The van der Waals surface area contributed by atoms with E-state index < -0.39 is 0 Å². The van der Waals surface area contributed by atoms with Crippen LogP contribution >= 0.6 is 0 Å². The molecule has 2 heterocycles. The van der Waals surface area contributed by atoms with E-state index in [9.17, 15) is 0 Å². The molecular formula is C58H40N2. The van der Waals surface area contributed by atoms with Crippen LogP contribution in [0, 0.1) is 0 Å². The van der Waals surface area contributed by atoms with E-state index in [1.54, 1.807) is 0 Å². The summed E-state index contributed by atoms with van der Waals surface area (Å²) < 4.78 is 0. The van der Waals surface area contributed by atoms with Gasteiger partial charge in [0.2, 0.25) is 0 Å². The van der Waals surface area contributed by atoms with Crippen molar-refractivity contribution in [1.82, 2.24) is 9.97 Å². The Morgan fingerprint density at radius 1 is 0.167 bits per heavy atom. The predicted molar refractivity (Wildman–Crippen MR) is 251 cm³/mol. The van der Waals surface area contributed by atoms with Crippen molar-refractivity contribution in [3.05, 3.63) is 243 Å². The molecule has 0 atom stereocenters. The van der Waals surface area contributed by atoms with Crippen molar-refractivity contribution in [3.8, 4) is 100 Å². The SMILES string of the molecule is c1ccc(-c2cc(-c3cccc(-c4cccc(-c5cccc(-c6ccncc6)c5)c4)c3)cc(-c3cccc(-c4cccc(-c5cccc(-c6cccnc6)c5)c4)c3)c2)cc1. The first-order valence-corrected chi connectivity index (χ1v) is 20.3. The van der Waals surface area contributed by atoms with Crippen LogP contribution in [0.5, 0.6) is 0 Å². The molecule has 0 N–H and O–H groups in total. The standard InChI is InChI=1S/C58H40N2/c1-2-11-41(12-3-1)56-37-57(53-23-8-20-50(35-53)47-17-5-15-45(32-47)44-14-4-13-43(31-44)42-26-29-59-30-27-42)39-58(38-56)54-24-9-21-51(36-54)48-18-6-16-46(33-48)49-19-7-22-52(34-49)55-25-10-28-60-40-55/h1-40H. The first kappa shape index (κ1) is 36.4. The van der Waals surface area contributed by atoms with Gasteiger partial charge in [-0.15, -0.1) is 0 Å². The highest BCUT2D eigenvalue weighted by molar-refractivity contribution is 5.86. The van der Waals surface area contributed by atoms with E-state index in [1.807, 2.05) is 30.9 Å². The minimum absolute atomic E-state index is 1.11. The summed E-state index contributed by atoms with van der Waals surface area (Å²) in [4.78, 5) is 8.53. The zero-order chi connectivity index (χ0) is 40.1. The van der Waals surface area contributed by atoms with Gasteiger partial charge in [-0.25, -0.2) is 0 Å². The fraction of sp³-hybridized carbons (Fsp3) is 0. The van der Waals surface area contributed by atoms with Gasteiger partial charge in [-0.1, -0.05) is 146 Å². The number of rotatable bonds is 9. The van der Waals surface area contributed by atoms with Crippen LogP contribution in [0.25, 0.3) is 100 Å². The lowest BCUT2D eigenvalue weighted by Crippen LogP contribution is -1.88. The molecule has 2 heteroatoms. The van der Waals surface area contributed by atoms with Gasteiger partial charge >= 0.3 is 0 Å². The van der Waals surface area contributed by atoms with Gasteiger partial charge in [0, 0.05) is 30.4 Å². The topological polar surface area (TPSA) is 25.8 Å². The minimum atomic E-state index is 1.11. The fourth-order valence-electron chi connectivity index (χ4n) is 8.11. The lowest BCUT2D eigenvalue weighted by molar-refractivity contribution is 1.33. The Hall–Kier alpha value is -7.94. The normalized spacial score (nSPS) is 11.0. The van der Waals surface area contributed by atoms with Gasteiger partial charge in [0.05, 0.1) is 0 Å². The summed E-state index contributed by atoms with van der Waals surface area (Å²) in [6.07, 6.45) is 7.42. The van der Waals surface area contributed by atoms with E-state index in [-0.39, 0.29) is 0 Å². The van der Waals surface area contributed by atoms with Crippen molar-refractivity contribution in [2.24, 2.45) is 0 Å². The van der Waals surface area contributed by atoms with Crippen LogP contribution in [0.2, 0.25) is 0 Å². The Balaban J connectivity index is 0.997. The van der Waals surface area contributed by atoms with Gasteiger partial charge in [0.15, 0.2) is 0 Å². The number of pyridine rings is 2. The van der Waals surface area contributed by atoms with Gasteiger partial charge in [-0.05, 0) is 167 Å². The van der Waals surface area contributed by atoms with Crippen molar-refractivity contribution in [3.63, 3.8) is 0 Å². The van der Waals surface area contributed by atoms with E-state index in [2.05, 4.69) is 222 Å². The summed E-state index contributed by atoms with van der Waals surface area (Å²) in [7, 11) is 0. The van der Waals surface area contributed by atoms with Crippen molar-refractivity contribution in [1.29, 1.82) is 0 Å². The first-order valence-electron chi connectivity index (χ1n) is 20.3. The van der Waals surface area contributed by atoms with E-state index >= 15 is 0 Å². The molecule has 0 aliphatic rings. The molecule has 0 saturated heterocycles. The van der Waals surface area contributed by atoms with Crippen molar-refractivity contribution in [2.75, 3.05) is 0 Å². The molecule has 0 radical (unpaired) electrons. The quantitative estimate of drug-likeness (QED) is 0.146. The lowest BCUT2D eigenvalue weighted by Gasteiger charge is -2.14. The van der Waals surface area contributed by atoms with E-state index in [0.29, 0.717) is 0 Å². The van der Waals surface area contributed by atoms with E-state index in [0.717, 1.165) is 16.7 Å². The molecule has 0 bridgehead atoms. The Morgan fingerprint density at radius 3 is 0.800 bits per heavy atom. The Bertz CT molecular complexity index is 2890. The number of benzene rings is 8. The molecular weight excluding hydrogens is 725 g/mol. The number of nitrogens with zero attached hydrogens (tertiary/aromatic N) is 2. The highest BCUT2D eigenvalue weighted by Gasteiger charge is 2.12. The van der Waals surface area contributed by atoms with Crippen LogP contribution in [-0.4, -0.2) is 9.97 Å². The molecule has 2 aromatic heterocycles. The molecule has 282 valence electrons. The van der Waals surface area contributed by atoms with Crippen LogP contribution in [0.4, 0.5) is 0 Å². The molecule has 0 amide bonds. The maximum Gasteiger partial charge on any atom is 0.0346 e. The predicted octanol–water partition coefficient (Wildman–Crippen LogP) is 15.5. The first-order chi connectivity index (χ1) is 29.7. The summed E-state index contributed by atoms with van der Waals surface area (Å²) in [5, 5.41) is 0. The molecule has 10 aromatic rings. The molecule has 0 aliphatic heterocycles. The third kappa shape index (κ3) is 7.83. The second-order valence-corrected chi connectivity index (χ2v) is 15.1. The maximum absolute atomic E-state index is 4.33. The third-order valence-corrected chi connectivity index (χ3v) is 11.2. The summed E-state index contributed by atoms with van der Waals surface area (Å²) in [5.74, 6) is 0. The van der Waals surface area contributed by atoms with Crippen molar-refractivity contribution in [2.45, 2.75) is 0 Å². The zero-order valence-electron chi connectivity index (χ0n) is 33.0. The van der Waals surface area contributed by atoms with Crippen LogP contribution in [0.3, 0.4) is 0 Å². The molecule has 0 saturated carbocycles. The molecule has 2 nitrogen and oxygen atoms in total. The molecule has 0 aliphatic carbocycles. The van der Waals surface area contributed by atoms with E-state index in [4.69, 9.17) is 0 Å². The van der Waals surface area contributed by atoms with Gasteiger partial charge < -0.3 is 0 Å². The third-order valence-electron chi connectivity index (χ3n) is 11.2. The number of hydrogen-bond acceptors (Lipinski definition) is 2. The van der Waals surface area contributed by atoms with Crippen LogP contribution in [-0.2, 0) is 0 Å². The average Bonchev–Trinajstić information content (AvgIpc) is 3.35. The van der Waals surface area contributed by atoms with Crippen molar-refractivity contribution < 1.29 is 0 Å². The van der Waals surface area contributed by atoms with Gasteiger partial charge in [-0.3, -0.25) is 9.97 Å². The number of hydrogen-bond donors (Lipinski definition) is 0. The van der Waals surface area contributed by atoms with Gasteiger partial charge in [-0.2, -0.15) is 0 Å². The molecule has 10 rings (SSSR count). The summed E-state index contributed by atoms with van der Waals surface area (Å²) in [6.45, 7) is 0. The highest BCUT2D eigenvalue weighted by Crippen LogP contribution is 2.37. The van der Waals surface area contributed by atoms with Gasteiger partial charge in [0.25, 0.3) is 0 Å². The fourth-order valence-corrected chi connectivity index (χ4v) is 8.11. The summed E-state index contributed by atoms with van der Waals surface area (Å²) in [5.41, 5.74) is 21.1. The van der Waals surface area contributed by atoms with E-state index in [1.165, 1.54) is 83.5 Å². The monoisotopic (exact) mass is 764 g/mol. The Kier molecular flexibility index (Phi) is 10.0. The van der Waals surface area contributed by atoms with Crippen LogP contribution in [0.15, 0.2) is 243 Å². The molecule has 60 heavy (non-hydrogen) atoms. The summed E-state index contributed by atoms with van der Waals surface area (Å²) in [6, 6.07) is 78.9. The lowest BCUT2D eigenvalue weighted by atomic mass is 9.90. The smallest absolute Gasteiger partial charge is 0.0346 e. The average molecular weight is 765 g/mol. The van der Waals surface area contributed by atoms with Gasteiger partial charge in [0.1, 0.15) is 0 Å². The number of aromatic nitrogens is 2. The van der Waals surface area contributed by atoms with Crippen molar-refractivity contribution >= 4 is 0 Å². The zero-order valence-corrected chi connectivity index (χ0v) is 33.0. The Morgan fingerprint density at radius 2 is 0.433 bits per heavy atom. The summed E-state index contributed by atoms with van der Waals surface area (Å²) >= 11 is 0. The van der Waals surface area contributed by atoms with Crippen LogP contribution < -0.4 is 0 Å².